The first-order chi connectivity index (χ1) is 11.4. The molecule has 24 heavy (non-hydrogen) atoms. The Balaban J connectivity index is 1.90. The van der Waals surface area contributed by atoms with E-state index in [1.54, 1.807) is 38.1 Å². The Kier molecular flexibility index (Phi) is 5.95. The number of aryl methyl sites for hydroxylation is 1. The summed E-state index contributed by atoms with van der Waals surface area (Å²) in [4.78, 5) is 23.6. The highest BCUT2D eigenvalue weighted by molar-refractivity contribution is 6.04. The number of amides is 1. The van der Waals surface area contributed by atoms with Crippen LogP contribution in [0.2, 0.25) is 0 Å². The summed E-state index contributed by atoms with van der Waals surface area (Å²) in [5.41, 5.74) is 2.38. The van der Waals surface area contributed by atoms with Crippen LogP contribution in [0.1, 0.15) is 29.8 Å². The van der Waals surface area contributed by atoms with E-state index >= 15 is 0 Å². The summed E-state index contributed by atoms with van der Waals surface area (Å²) in [6, 6.07) is 14.2. The summed E-state index contributed by atoms with van der Waals surface area (Å²) in [5, 5.41) is 2.82. The van der Waals surface area contributed by atoms with E-state index < -0.39 is 5.97 Å². The molecule has 1 N–H and O–H groups in total. The van der Waals surface area contributed by atoms with Crippen LogP contribution < -0.4 is 10.1 Å². The number of anilines is 1. The summed E-state index contributed by atoms with van der Waals surface area (Å²) < 4.78 is 10.3. The van der Waals surface area contributed by atoms with E-state index in [0.717, 1.165) is 11.3 Å². The van der Waals surface area contributed by atoms with Gasteiger partial charge < -0.3 is 14.8 Å². The SMILES string of the molecule is Cc1ccc(NC(=O)c2ccc(OCC(=O)OC(C)C)cc2)cc1. The van der Waals surface area contributed by atoms with Gasteiger partial charge in [-0.25, -0.2) is 4.79 Å². The van der Waals surface area contributed by atoms with Gasteiger partial charge in [0.05, 0.1) is 6.10 Å². The third kappa shape index (κ3) is 5.43. The molecule has 0 saturated carbocycles. The van der Waals surface area contributed by atoms with Crippen LogP contribution in [-0.4, -0.2) is 24.6 Å². The highest BCUT2D eigenvalue weighted by atomic mass is 16.6. The molecule has 1 amide bonds. The van der Waals surface area contributed by atoms with Crippen LogP contribution in [0.5, 0.6) is 5.75 Å². The van der Waals surface area contributed by atoms with Crippen LogP contribution in [0, 0.1) is 6.92 Å². The normalized spacial score (nSPS) is 10.3. The number of hydrogen-bond donors (Lipinski definition) is 1. The number of ether oxygens (including phenoxy) is 2. The van der Waals surface area contributed by atoms with E-state index in [1.165, 1.54) is 0 Å². The molecule has 2 aromatic rings. The summed E-state index contributed by atoms with van der Waals surface area (Å²) in [7, 11) is 0. The minimum atomic E-state index is -0.425. The average molecular weight is 327 g/mol. The number of esters is 1. The summed E-state index contributed by atoms with van der Waals surface area (Å²) in [6.45, 7) is 5.38. The number of carbonyl (C=O) groups excluding carboxylic acids is 2. The molecule has 5 heteroatoms. The molecule has 0 heterocycles. The first-order valence-corrected chi connectivity index (χ1v) is 7.74. The number of benzene rings is 2. The molecule has 0 spiro atoms. The first-order valence-electron chi connectivity index (χ1n) is 7.74. The van der Waals surface area contributed by atoms with Gasteiger partial charge in [0.25, 0.3) is 5.91 Å². The van der Waals surface area contributed by atoms with Crippen LogP contribution in [0.3, 0.4) is 0 Å². The van der Waals surface area contributed by atoms with E-state index in [4.69, 9.17) is 9.47 Å². The Morgan fingerprint density at radius 2 is 1.62 bits per heavy atom. The lowest BCUT2D eigenvalue weighted by Gasteiger charge is -2.10. The predicted molar refractivity (Wildman–Crippen MR) is 92.3 cm³/mol. The molecule has 0 aromatic heterocycles. The molecule has 0 atom stereocenters. The maximum Gasteiger partial charge on any atom is 0.344 e. The van der Waals surface area contributed by atoms with Gasteiger partial charge in [-0.15, -0.1) is 0 Å². The van der Waals surface area contributed by atoms with Gasteiger partial charge in [0.2, 0.25) is 0 Å². The Morgan fingerprint density at radius 3 is 2.21 bits per heavy atom. The lowest BCUT2D eigenvalue weighted by Crippen LogP contribution is -2.18. The molecule has 5 nitrogen and oxygen atoms in total. The minimum absolute atomic E-state index is 0.160. The number of carbonyl (C=O) groups is 2. The van der Waals surface area contributed by atoms with Crippen molar-refractivity contribution in [3.05, 3.63) is 59.7 Å². The van der Waals surface area contributed by atoms with Crippen molar-refractivity contribution in [2.75, 3.05) is 11.9 Å². The van der Waals surface area contributed by atoms with Crippen LogP contribution in [0.4, 0.5) is 5.69 Å². The van der Waals surface area contributed by atoms with Crippen molar-refractivity contribution >= 4 is 17.6 Å². The fourth-order valence-electron chi connectivity index (χ4n) is 1.98. The maximum atomic E-state index is 12.2. The Morgan fingerprint density at radius 1 is 1.00 bits per heavy atom. The molecule has 0 radical (unpaired) electrons. The van der Waals surface area contributed by atoms with Gasteiger partial charge in [0.15, 0.2) is 6.61 Å². The Labute approximate surface area is 141 Å². The highest BCUT2D eigenvalue weighted by Crippen LogP contribution is 2.15. The number of hydrogen-bond acceptors (Lipinski definition) is 4. The Bertz CT molecular complexity index is 690. The molecule has 0 saturated heterocycles. The number of nitrogens with one attached hydrogen (secondary N) is 1. The van der Waals surface area contributed by atoms with Crippen LogP contribution >= 0.6 is 0 Å². The van der Waals surface area contributed by atoms with Crippen molar-refractivity contribution in [2.24, 2.45) is 0 Å². The molecule has 0 aliphatic carbocycles. The molecule has 0 unspecified atom stereocenters. The predicted octanol–water partition coefficient (Wildman–Crippen LogP) is 3.58. The molecular weight excluding hydrogens is 306 g/mol. The van der Waals surface area contributed by atoms with Crippen molar-refractivity contribution in [2.45, 2.75) is 26.9 Å². The molecule has 0 fully saturated rings. The van der Waals surface area contributed by atoms with Gasteiger partial charge in [0, 0.05) is 11.3 Å². The van der Waals surface area contributed by atoms with Crippen LogP contribution in [0.15, 0.2) is 48.5 Å². The fraction of sp³-hybridized carbons (Fsp3) is 0.263. The average Bonchev–Trinajstić information content (AvgIpc) is 2.55. The van der Waals surface area contributed by atoms with Crippen molar-refractivity contribution in [3.63, 3.8) is 0 Å². The van der Waals surface area contributed by atoms with E-state index in [0.29, 0.717) is 11.3 Å². The summed E-state index contributed by atoms with van der Waals surface area (Å²) in [6.07, 6.45) is -0.172. The van der Waals surface area contributed by atoms with Crippen LogP contribution in [0.25, 0.3) is 0 Å². The van der Waals surface area contributed by atoms with Gasteiger partial charge >= 0.3 is 5.97 Å². The van der Waals surface area contributed by atoms with Gasteiger partial charge in [-0.1, -0.05) is 17.7 Å². The second kappa shape index (κ2) is 8.15. The monoisotopic (exact) mass is 327 g/mol. The van der Waals surface area contributed by atoms with Crippen molar-refractivity contribution in [1.82, 2.24) is 0 Å². The molecule has 2 rings (SSSR count). The molecule has 2 aromatic carbocycles. The minimum Gasteiger partial charge on any atom is -0.482 e. The maximum absolute atomic E-state index is 12.2. The van der Waals surface area contributed by atoms with E-state index in [9.17, 15) is 9.59 Å². The lowest BCUT2D eigenvalue weighted by molar-refractivity contribution is -0.149. The standard InChI is InChI=1S/C19H21NO4/c1-13(2)24-18(21)12-23-17-10-6-15(7-11-17)19(22)20-16-8-4-14(3)5-9-16/h4-11,13H,12H2,1-3H3,(H,20,22). The van der Waals surface area contributed by atoms with E-state index in [1.807, 2.05) is 31.2 Å². The molecular formula is C19H21NO4. The van der Waals surface area contributed by atoms with E-state index in [-0.39, 0.29) is 18.6 Å². The van der Waals surface area contributed by atoms with Crippen molar-refractivity contribution in [3.8, 4) is 5.75 Å². The Hall–Kier alpha value is -2.82. The third-order valence-electron chi connectivity index (χ3n) is 3.15. The zero-order chi connectivity index (χ0) is 17.5. The smallest absolute Gasteiger partial charge is 0.344 e. The summed E-state index contributed by atoms with van der Waals surface area (Å²) in [5.74, 6) is -0.126. The number of rotatable bonds is 6. The zero-order valence-electron chi connectivity index (χ0n) is 14.0. The highest BCUT2D eigenvalue weighted by Gasteiger charge is 2.09. The van der Waals surface area contributed by atoms with Crippen LogP contribution in [-0.2, 0) is 9.53 Å². The molecule has 0 bridgehead atoms. The lowest BCUT2D eigenvalue weighted by atomic mass is 10.2. The molecule has 0 aliphatic rings. The van der Waals surface area contributed by atoms with Crippen molar-refractivity contribution in [1.29, 1.82) is 0 Å². The molecule has 0 aliphatic heterocycles. The first kappa shape index (κ1) is 17.5. The van der Waals surface area contributed by atoms with Gasteiger partial charge in [0.1, 0.15) is 5.75 Å². The second-order valence-corrected chi connectivity index (χ2v) is 5.67. The quantitative estimate of drug-likeness (QED) is 0.824. The van der Waals surface area contributed by atoms with Gasteiger partial charge in [-0.2, -0.15) is 0 Å². The molecule has 126 valence electrons. The van der Waals surface area contributed by atoms with Gasteiger partial charge in [-0.3, -0.25) is 4.79 Å². The fourth-order valence-corrected chi connectivity index (χ4v) is 1.98. The van der Waals surface area contributed by atoms with Crippen molar-refractivity contribution < 1.29 is 19.1 Å². The summed E-state index contributed by atoms with van der Waals surface area (Å²) >= 11 is 0. The topological polar surface area (TPSA) is 64.6 Å². The van der Waals surface area contributed by atoms with E-state index in [2.05, 4.69) is 5.32 Å². The second-order valence-electron chi connectivity index (χ2n) is 5.67. The third-order valence-corrected chi connectivity index (χ3v) is 3.15. The zero-order valence-corrected chi connectivity index (χ0v) is 14.0. The van der Waals surface area contributed by atoms with Gasteiger partial charge in [-0.05, 0) is 57.2 Å². The largest absolute Gasteiger partial charge is 0.482 e.